The molecule has 1 atom stereocenters. The molecule has 6 heteroatoms. The minimum atomic E-state index is -0.0296. The number of aryl methyl sites for hydroxylation is 3. The van der Waals surface area contributed by atoms with E-state index in [9.17, 15) is 4.79 Å². The number of carbonyl (C=O) groups is 1. The van der Waals surface area contributed by atoms with Crippen LogP contribution < -0.4 is 5.32 Å². The van der Waals surface area contributed by atoms with E-state index in [-0.39, 0.29) is 11.9 Å². The number of amides is 1. The predicted molar refractivity (Wildman–Crippen MR) is 91.5 cm³/mol. The van der Waals surface area contributed by atoms with Crippen LogP contribution in [0.3, 0.4) is 0 Å². The second kappa shape index (κ2) is 8.04. The Morgan fingerprint density at radius 1 is 1.32 bits per heavy atom. The van der Waals surface area contributed by atoms with Gasteiger partial charge in [0.05, 0.1) is 16.7 Å². The van der Waals surface area contributed by atoms with Crippen LogP contribution in [0.1, 0.15) is 28.9 Å². The van der Waals surface area contributed by atoms with Gasteiger partial charge in [-0.2, -0.15) is 0 Å². The van der Waals surface area contributed by atoms with Gasteiger partial charge in [0.25, 0.3) is 0 Å². The van der Waals surface area contributed by atoms with E-state index in [1.165, 1.54) is 9.88 Å². The summed E-state index contributed by atoms with van der Waals surface area (Å²) < 4.78 is 0. The molecule has 0 saturated carbocycles. The molecule has 0 bridgehead atoms. The molecule has 5 nitrogen and oxygen atoms in total. The number of aromatic nitrogens is 1. The molecular weight excluding hydrogens is 296 g/mol. The van der Waals surface area contributed by atoms with Crippen LogP contribution in [0, 0.1) is 13.8 Å². The number of piperazine rings is 1. The Labute approximate surface area is 137 Å². The average Bonchev–Trinajstić information content (AvgIpc) is 2.82. The maximum absolute atomic E-state index is 12.2. The highest BCUT2D eigenvalue weighted by molar-refractivity contribution is 7.11. The topological polar surface area (TPSA) is 48.5 Å². The third-order valence-electron chi connectivity index (χ3n) is 4.40. The van der Waals surface area contributed by atoms with Gasteiger partial charge in [0.15, 0.2) is 0 Å². The number of nitrogens with zero attached hydrogens (tertiary/aromatic N) is 3. The standard InChI is InChI=1S/C16H28N4OS/c1-12-14(3)22-15(18-12)6-5-7-17-16(21)13(2)20-10-8-19(4)9-11-20/h13H,5-11H2,1-4H3,(H,17,21). The lowest BCUT2D eigenvalue weighted by molar-refractivity contribution is -0.126. The summed E-state index contributed by atoms with van der Waals surface area (Å²) in [6.07, 6.45) is 1.90. The minimum absolute atomic E-state index is 0.0296. The van der Waals surface area contributed by atoms with Gasteiger partial charge < -0.3 is 10.2 Å². The molecule has 1 N–H and O–H groups in total. The molecule has 1 amide bonds. The lowest BCUT2D eigenvalue weighted by atomic mass is 10.2. The first-order valence-electron chi connectivity index (χ1n) is 8.10. The molecule has 22 heavy (non-hydrogen) atoms. The van der Waals surface area contributed by atoms with E-state index < -0.39 is 0 Å². The molecule has 0 aliphatic carbocycles. The van der Waals surface area contributed by atoms with Crippen molar-refractivity contribution in [3.05, 3.63) is 15.6 Å². The summed E-state index contributed by atoms with van der Waals surface area (Å²) in [5.74, 6) is 0.149. The first-order chi connectivity index (χ1) is 10.5. The summed E-state index contributed by atoms with van der Waals surface area (Å²) in [5, 5.41) is 4.24. The number of hydrogen-bond acceptors (Lipinski definition) is 5. The van der Waals surface area contributed by atoms with E-state index in [1.54, 1.807) is 11.3 Å². The number of nitrogens with one attached hydrogen (secondary N) is 1. The summed E-state index contributed by atoms with van der Waals surface area (Å²) in [4.78, 5) is 22.6. The quantitative estimate of drug-likeness (QED) is 0.805. The van der Waals surface area contributed by atoms with Crippen LogP contribution in [-0.4, -0.2) is 66.5 Å². The molecule has 0 spiro atoms. The van der Waals surface area contributed by atoms with E-state index >= 15 is 0 Å². The van der Waals surface area contributed by atoms with Gasteiger partial charge in [-0.3, -0.25) is 9.69 Å². The monoisotopic (exact) mass is 324 g/mol. The summed E-state index contributed by atoms with van der Waals surface area (Å²) >= 11 is 1.77. The number of rotatable bonds is 6. The Bertz CT molecular complexity index is 475. The second-order valence-corrected chi connectivity index (χ2v) is 7.45. The van der Waals surface area contributed by atoms with Crippen molar-refractivity contribution in [1.29, 1.82) is 0 Å². The van der Waals surface area contributed by atoms with Crippen LogP contribution >= 0.6 is 11.3 Å². The molecule has 2 rings (SSSR count). The molecule has 1 aliphatic heterocycles. The lowest BCUT2D eigenvalue weighted by Gasteiger charge is -2.35. The zero-order valence-electron chi connectivity index (χ0n) is 14.2. The van der Waals surface area contributed by atoms with Crippen LogP contribution in [0.2, 0.25) is 0 Å². The minimum Gasteiger partial charge on any atom is -0.355 e. The van der Waals surface area contributed by atoms with E-state index in [2.05, 4.69) is 41.0 Å². The molecule has 1 fully saturated rings. The van der Waals surface area contributed by atoms with Crippen LogP contribution in [-0.2, 0) is 11.2 Å². The van der Waals surface area contributed by atoms with Crippen molar-refractivity contribution < 1.29 is 4.79 Å². The van der Waals surface area contributed by atoms with Gasteiger partial charge in [-0.15, -0.1) is 11.3 Å². The van der Waals surface area contributed by atoms with E-state index in [0.29, 0.717) is 0 Å². The van der Waals surface area contributed by atoms with Crippen LogP contribution in [0.4, 0.5) is 0 Å². The maximum Gasteiger partial charge on any atom is 0.237 e. The molecule has 1 aromatic heterocycles. The molecule has 1 aliphatic rings. The predicted octanol–water partition coefficient (Wildman–Crippen LogP) is 1.44. The van der Waals surface area contributed by atoms with Crippen molar-refractivity contribution in [3.8, 4) is 0 Å². The fraction of sp³-hybridized carbons (Fsp3) is 0.750. The molecule has 1 saturated heterocycles. The van der Waals surface area contributed by atoms with Crippen molar-refractivity contribution in [2.24, 2.45) is 0 Å². The highest BCUT2D eigenvalue weighted by Crippen LogP contribution is 2.17. The van der Waals surface area contributed by atoms with Crippen molar-refractivity contribution in [3.63, 3.8) is 0 Å². The van der Waals surface area contributed by atoms with Crippen molar-refractivity contribution >= 4 is 17.2 Å². The first kappa shape index (κ1) is 17.4. The van der Waals surface area contributed by atoms with Gasteiger partial charge in [0.2, 0.25) is 5.91 Å². The van der Waals surface area contributed by atoms with Gasteiger partial charge >= 0.3 is 0 Å². The SMILES string of the molecule is Cc1nc(CCCNC(=O)C(C)N2CCN(C)CC2)sc1C. The zero-order chi connectivity index (χ0) is 16.1. The second-order valence-electron chi connectivity index (χ2n) is 6.16. The van der Waals surface area contributed by atoms with Crippen LogP contribution in [0.25, 0.3) is 0 Å². The smallest absolute Gasteiger partial charge is 0.237 e. The Balaban J connectivity index is 1.66. The van der Waals surface area contributed by atoms with E-state index in [4.69, 9.17) is 0 Å². The van der Waals surface area contributed by atoms with Gasteiger partial charge in [0.1, 0.15) is 0 Å². The summed E-state index contributed by atoms with van der Waals surface area (Å²) in [7, 11) is 2.13. The molecule has 124 valence electrons. The summed E-state index contributed by atoms with van der Waals surface area (Å²) in [6, 6.07) is -0.0296. The fourth-order valence-electron chi connectivity index (χ4n) is 2.62. The fourth-order valence-corrected chi connectivity index (χ4v) is 3.60. The molecule has 1 aromatic rings. The Morgan fingerprint density at radius 2 is 2.00 bits per heavy atom. The van der Waals surface area contributed by atoms with E-state index in [0.717, 1.165) is 51.3 Å². The lowest BCUT2D eigenvalue weighted by Crippen LogP contribution is -2.53. The van der Waals surface area contributed by atoms with Crippen LogP contribution in [0.5, 0.6) is 0 Å². The largest absolute Gasteiger partial charge is 0.355 e. The Hall–Kier alpha value is -0.980. The van der Waals surface area contributed by atoms with E-state index in [1.807, 2.05) is 6.92 Å². The van der Waals surface area contributed by atoms with Crippen molar-refractivity contribution in [1.82, 2.24) is 20.1 Å². The molecule has 2 heterocycles. The molecular formula is C16H28N4OS. The number of likely N-dealkylation sites (N-methyl/N-ethyl adjacent to an activating group) is 1. The molecule has 0 aromatic carbocycles. The highest BCUT2D eigenvalue weighted by Gasteiger charge is 2.23. The number of hydrogen-bond donors (Lipinski definition) is 1. The van der Waals surface area contributed by atoms with Gasteiger partial charge in [0, 0.05) is 44.0 Å². The van der Waals surface area contributed by atoms with Gasteiger partial charge in [-0.25, -0.2) is 4.98 Å². The number of thiazole rings is 1. The molecule has 1 unspecified atom stereocenters. The maximum atomic E-state index is 12.2. The van der Waals surface area contributed by atoms with Crippen molar-refractivity contribution in [2.45, 2.75) is 39.7 Å². The van der Waals surface area contributed by atoms with Crippen molar-refractivity contribution in [2.75, 3.05) is 39.8 Å². The summed E-state index contributed by atoms with van der Waals surface area (Å²) in [6.45, 7) is 10.9. The Morgan fingerprint density at radius 3 is 2.59 bits per heavy atom. The normalized spacial score (nSPS) is 18.4. The van der Waals surface area contributed by atoms with Gasteiger partial charge in [-0.05, 0) is 34.2 Å². The summed E-state index contributed by atoms with van der Waals surface area (Å²) in [5.41, 5.74) is 1.13. The third kappa shape index (κ3) is 4.76. The third-order valence-corrected chi connectivity index (χ3v) is 5.54. The molecule has 0 radical (unpaired) electrons. The first-order valence-corrected chi connectivity index (χ1v) is 8.92. The highest BCUT2D eigenvalue weighted by atomic mass is 32.1. The van der Waals surface area contributed by atoms with Crippen LogP contribution in [0.15, 0.2) is 0 Å². The average molecular weight is 324 g/mol. The number of carbonyl (C=O) groups excluding carboxylic acids is 1. The Kier molecular flexibility index (Phi) is 6.35. The van der Waals surface area contributed by atoms with Gasteiger partial charge in [-0.1, -0.05) is 0 Å². The zero-order valence-corrected chi connectivity index (χ0v) is 15.0.